The molecule has 0 spiro atoms. The fraction of sp³-hybridized carbons (Fsp3) is 0.500. The van der Waals surface area contributed by atoms with Crippen molar-refractivity contribution in [3.8, 4) is 5.69 Å². The second kappa shape index (κ2) is 7.98. The second-order valence-corrected chi connectivity index (χ2v) is 6.00. The van der Waals surface area contributed by atoms with Gasteiger partial charge < -0.3 is 11.1 Å². The molecule has 2 heterocycles. The number of carbonyl (C=O) groups excluding carboxylic acids is 1. The molecule has 2 aromatic rings. The first-order valence-corrected chi connectivity index (χ1v) is 8.30. The predicted molar refractivity (Wildman–Crippen MR) is 89.2 cm³/mol. The molecule has 1 unspecified atom stereocenters. The summed E-state index contributed by atoms with van der Waals surface area (Å²) in [6.45, 7) is 3.29. The molecule has 3 N–H and O–H groups in total. The lowest BCUT2D eigenvalue weighted by Crippen LogP contribution is -2.44. The van der Waals surface area contributed by atoms with Crippen molar-refractivity contribution in [1.82, 2.24) is 30.4 Å². The summed E-state index contributed by atoms with van der Waals surface area (Å²) in [7, 11) is 0. The Hall–Kier alpha value is -2.32. The van der Waals surface area contributed by atoms with Crippen LogP contribution in [0.25, 0.3) is 5.69 Å². The molecule has 0 radical (unpaired) electrons. The van der Waals surface area contributed by atoms with Gasteiger partial charge in [-0.2, -0.15) is 4.68 Å². The van der Waals surface area contributed by atoms with Gasteiger partial charge in [-0.15, -0.1) is 5.10 Å². The predicted octanol–water partition coefficient (Wildman–Crippen LogP) is -0.0508. The Labute approximate surface area is 141 Å². The average molecular weight is 329 g/mol. The Kier molecular flexibility index (Phi) is 5.50. The van der Waals surface area contributed by atoms with Crippen molar-refractivity contribution in [2.24, 2.45) is 11.7 Å². The molecule has 24 heavy (non-hydrogen) atoms. The number of tetrazole rings is 1. The summed E-state index contributed by atoms with van der Waals surface area (Å²) < 4.78 is 1.75. The summed E-state index contributed by atoms with van der Waals surface area (Å²) >= 11 is 0. The summed E-state index contributed by atoms with van der Waals surface area (Å²) in [6, 6.07) is 9.82. The number of benzene rings is 1. The van der Waals surface area contributed by atoms with Crippen molar-refractivity contribution >= 4 is 5.91 Å². The topological polar surface area (TPSA) is 102 Å². The van der Waals surface area contributed by atoms with Crippen LogP contribution in [0.5, 0.6) is 0 Å². The van der Waals surface area contributed by atoms with Gasteiger partial charge in [-0.3, -0.25) is 9.69 Å². The van der Waals surface area contributed by atoms with E-state index in [-0.39, 0.29) is 11.8 Å². The van der Waals surface area contributed by atoms with Crippen LogP contribution in [0.2, 0.25) is 0 Å². The first-order chi connectivity index (χ1) is 11.8. The number of likely N-dealkylation sites (tertiary alicyclic amines) is 1. The summed E-state index contributed by atoms with van der Waals surface area (Å²) in [6.07, 6.45) is 1.91. The van der Waals surface area contributed by atoms with Gasteiger partial charge in [0.15, 0.2) is 5.82 Å². The molecule has 8 nitrogen and oxygen atoms in total. The van der Waals surface area contributed by atoms with E-state index in [0.29, 0.717) is 19.6 Å². The third kappa shape index (κ3) is 3.95. The number of carbonyl (C=O) groups is 1. The quantitative estimate of drug-likeness (QED) is 0.770. The van der Waals surface area contributed by atoms with Crippen LogP contribution < -0.4 is 11.1 Å². The lowest BCUT2D eigenvalue weighted by molar-refractivity contribution is -0.126. The van der Waals surface area contributed by atoms with Crippen molar-refractivity contribution in [1.29, 1.82) is 0 Å². The molecule has 3 rings (SSSR count). The van der Waals surface area contributed by atoms with Crippen LogP contribution >= 0.6 is 0 Å². The summed E-state index contributed by atoms with van der Waals surface area (Å²) in [5.41, 5.74) is 6.38. The molecule has 8 heteroatoms. The first kappa shape index (κ1) is 16.5. The lowest BCUT2D eigenvalue weighted by Gasteiger charge is -2.31. The maximum Gasteiger partial charge on any atom is 0.224 e. The number of hydrogen-bond donors (Lipinski definition) is 2. The Morgan fingerprint density at radius 3 is 2.96 bits per heavy atom. The van der Waals surface area contributed by atoms with E-state index < -0.39 is 0 Å². The van der Waals surface area contributed by atoms with Crippen molar-refractivity contribution in [2.45, 2.75) is 19.4 Å². The van der Waals surface area contributed by atoms with Gasteiger partial charge in [0.05, 0.1) is 18.2 Å². The van der Waals surface area contributed by atoms with Crippen LogP contribution in [-0.4, -0.2) is 57.2 Å². The monoisotopic (exact) mass is 329 g/mol. The van der Waals surface area contributed by atoms with Gasteiger partial charge in [0.2, 0.25) is 5.91 Å². The average Bonchev–Trinajstić information content (AvgIpc) is 3.08. The van der Waals surface area contributed by atoms with Crippen LogP contribution in [0.1, 0.15) is 18.7 Å². The number of nitrogens with one attached hydrogen (secondary N) is 1. The fourth-order valence-corrected chi connectivity index (χ4v) is 3.03. The number of para-hydroxylation sites is 1. The zero-order chi connectivity index (χ0) is 16.8. The summed E-state index contributed by atoms with van der Waals surface area (Å²) in [4.78, 5) is 14.4. The molecule has 1 aliphatic heterocycles. The van der Waals surface area contributed by atoms with Crippen LogP contribution in [0.4, 0.5) is 0 Å². The van der Waals surface area contributed by atoms with E-state index in [2.05, 4.69) is 25.7 Å². The van der Waals surface area contributed by atoms with E-state index in [4.69, 9.17) is 5.73 Å². The van der Waals surface area contributed by atoms with Gasteiger partial charge >= 0.3 is 0 Å². The number of nitrogens with two attached hydrogens (primary N) is 1. The molecule has 1 aromatic carbocycles. The van der Waals surface area contributed by atoms with E-state index in [1.165, 1.54) is 0 Å². The van der Waals surface area contributed by atoms with Crippen LogP contribution in [0, 0.1) is 5.92 Å². The Morgan fingerprint density at radius 2 is 2.17 bits per heavy atom. The number of rotatable bonds is 6. The second-order valence-electron chi connectivity index (χ2n) is 6.00. The van der Waals surface area contributed by atoms with Gasteiger partial charge in [-0.25, -0.2) is 0 Å². The third-order valence-corrected chi connectivity index (χ3v) is 4.22. The first-order valence-electron chi connectivity index (χ1n) is 8.30. The minimum atomic E-state index is 0.00589. The van der Waals surface area contributed by atoms with Crippen LogP contribution in [-0.2, 0) is 11.3 Å². The van der Waals surface area contributed by atoms with Gasteiger partial charge in [0.1, 0.15) is 0 Å². The molecule has 1 amide bonds. The number of nitrogens with zero attached hydrogens (tertiary/aromatic N) is 5. The third-order valence-electron chi connectivity index (χ3n) is 4.22. The molecular weight excluding hydrogens is 306 g/mol. The lowest BCUT2D eigenvalue weighted by atomic mass is 9.97. The molecule has 0 saturated carbocycles. The van der Waals surface area contributed by atoms with Gasteiger partial charge in [0.25, 0.3) is 0 Å². The van der Waals surface area contributed by atoms with Gasteiger partial charge in [0, 0.05) is 19.6 Å². The zero-order valence-corrected chi connectivity index (χ0v) is 13.6. The molecule has 128 valence electrons. The van der Waals surface area contributed by atoms with Crippen LogP contribution in [0.15, 0.2) is 30.3 Å². The van der Waals surface area contributed by atoms with Gasteiger partial charge in [-0.05, 0) is 41.9 Å². The Morgan fingerprint density at radius 1 is 1.33 bits per heavy atom. The van der Waals surface area contributed by atoms with Crippen LogP contribution in [0.3, 0.4) is 0 Å². The SMILES string of the molecule is NCCNC(=O)C1CCCN(Cc2nnnn2-c2ccccc2)C1. The van der Waals surface area contributed by atoms with Gasteiger partial charge in [-0.1, -0.05) is 18.2 Å². The molecule has 0 bridgehead atoms. The number of hydrogen-bond acceptors (Lipinski definition) is 6. The van der Waals surface area contributed by atoms with Crippen molar-refractivity contribution in [2.75, 3.05) is 26.2 Å². The number of aromatic nitrogens is 4. The molecule has 1 saturated heterocycles. The summed E-state index contributed by atoms with van der Waals surface area (Å²) in [5, 5.41) is 14.9. The smallest absolute Gasteiger partial charge is 0.224 e. The molecular formula is C16H23N7O. The van der Waals surface area contributed by atoms with E-state index >= 15 is 0 Å². The highest BCUT2D eigenvalue weighted by Crippen LogP contribution is 2.19. The maximum atomic E-state index is 12.2. The minimum absolute atomic E-state index is 0.00589. The standard InChI is InChI=1S/C16H23N7O/c17-8-9-18-16(24)13-5-4-10-22(11-13)12-15-19-20-21-23(15)14-6-2-1-3-7-14/h1-3,6-7,13H,4-5,8-12,17H2,(H,18,24). The summed E-state index contributed by atoms with van der Waals surface area (Å²) in [5.74, 6) is 0.878. The highest BCUT2D eigenvalue weighted by Gasteiger charge is 2.26. The molecule has 1 fully saturated rings. The van der Waals surface area contributed by atoms with E-state index in [0.717, 1.165) is 37.4 Å². The van der Waals surface area contributed by atoms with Crippen molar-refractivity contribution in [3.05, 3.63) is 36.2 Å². The highest BCUT2D eigenvalue weighted by molar-refractivity contribution is 5.78. The van der Waals surface area contributed by atoms with E-state index in [1.807, 2.05) is 30.3 Å². The van der Waals surface area contributed by atoms with Crippen molar-refractivity contribution in [3.63, 3.8) is 0 Å². The minimum Gasteiger partial charge on any atom is -0.355 e. The number of piperidine rings is 1. The van der Waals surface area contributed by atoms with E-state index in [9.17, 15) is 4.79 Å². The molecule has 1 atom stereocenters. The Bertz CT molecular complexity index is 657. The highest BCUT2D eigenvalue weighted by atomic mass is 16.1. The largest absolute Gasteiger partial charge is 0.355 e. The molecule has 1 aromatic heterocycles. The zero-order valence-electron chi connectivity index (χ0n) is 13.6. The van der Waals surface area contributed by atoms with E-state index in [1.54, 1.807) is 4.68 Å². The normalized spacial score (nSPS) is 18.5. The Balaban J connectivity index is 1.64. The number of amides is 1. The molecule has 0 aliphatic carbocycles. The van der Waals surface area contributed by atoms with Crippen molar-refractivity contribution < 1.29 is 4.79 Å². The maximum absolute atomic E-state index is 12.2. The molecule has 1 aliphatic rings. The fourth-order valence-electron chi connectivity index (χ4n) is 3.03.